The van der Waals surface area contributed by atoms with Crippen molar-refractivity contribution in [3.05, 3.63) is 41.5 Å². The van der Waals surface area contributed by atoms with Gasteiger partial charge in [-0.3, -0.25) is 9.80 Å². The minimum atomic E-state index is -0.198. The lowest BCUT2D eigenvalue weighted by atomic mass is 9.76. The minimum absolute atomic E-state index is 0.0717. The average molecular weight is 395 g/mol. The molecule has 0 spiro atoms. The summed E-state index contributed by atoms with van der Waals surface area (Å²) in [4.78, 5) is 18.0. The minimum Gasteiger partial charge on any atom is -0.459 e. The molecule has 4 saturated heterocycles. The molecule has 29 heavy (non-hydrogen) atoms. The molecule has 0 aromatic heterocycles. The van der Waals surface area contributed by atoms with E-state index >= 15 is 0 Å². The molecule has 2 bridgehead atoms. The van der Waals surface area contributed by atoms with Crippen molar-refractivity contribution >= 4 is 12.0 Å². The molecule has 4 aliphatic rings. The number of carbonyl (C=O) groups excluding carboxylic acids is 1. The molecule has 0 saturated carbocycles. The maximum Gasteiger partial charge on any atom is 0.331 e. The van der Waals surface area contributed by atoms with Crippen molar-refractivity contribution in [2.24, 2.45) is 0 Å². The fraction of sp³-hybridized carbons (Fsp3) is 0.640. The molecular formula is C25H34N2O2. The van der Waals surface area contributed by atoms with Gasteiger partial charge in [-0.25, -0.2) is 4.79 Å². The summed E-state index contributed by atoms with van der Waals surface area (Å²) in [5.74, 6) is -0.198. The molecule has 1 unspecified atom stereocenters. The monoisotopic (exact) mass is 394 g/mol. The molecule has 0 amide bonds. The highest BCUT2D eigenvalue weighted by Gasteiger charge is 2.47. The van der Waals surface area contributed by atoms with Crippen LogP contribution in [0.4, 0.5) is 0 Å². The summed E-state index contributed by atoms with van der Waals surface area (Å²) in [7, 11) is 0. The highest BCUT2D eigenvalue weighted by molar-refractivity contribution is 5.87. The molecule has 5 rings (SSSR count). The lowest BCUT2D eigenvalue weighted by Crippen LogP contribution is -2.65. The lowest BCUT2D eigenvalue weighted by Gasteiger charge is -2.58. The zero-order valence-electron chi connectivity index (χ0n) is 17.6. The van der Waals surface area contributed by atoms with Gasteiger partial charge in [0.1, 0.15) is 6.10 Å². The van der Waals surface area contributed by atoms with Gasteiger partial charge in [-0.05, 0) is 63.6 Å². The Labute approximate surface area is 174 Å². The zero-order valence-corrected chi connectivity index (χ0v) is 17.6. The summed E-state index contributed by atoms with van der Waals surface area (Å²) in [5, 5.41) is 0. The normalized spacial score (nSPS) is 35.1. The highest BCUT2D eigenvalue weighted by Crippen LogP contribution is 2.42. The van der Waals surface area contributed by atoms with Crippen LogP contribution < -0.4 is 0 Å². The second-order valence-corrected chi connectivity index (χ2v) is 9.62. The van der Waals surface area contributed by atoms with Crippen molar-refractivity contribution in [1.82, 2.24) is 9.80 Å². The summed E-state index contributed by atoms with van der Waals surface area (Å²) in [5.41, 5.74) is 2.27. The quantitative estimate of drug-likeness (QED) is 0.569. The van der Waals surface area contributed by atoms with E-state index in [1.165, 1.54) is 50.6 Å². The van der Waals surface area contributed by atoms with E-state index in [0.717, 1.165) is 43.1 Å². The molecule has 4 heteroatoms. The van der Waals surface area contributed by atoms with E-state index in [-0.39, 0.29) is 12.1 Å². The van der Waals surface area contributed by atoms with Gasteiger partial charge >= 0.3 is 5.97 Å². The number of esters is 1. The Balaban J connectivity index is 1.18. The summed E-state index contributed by atoms with van der Waals surface area (Å²) >= 11 is 0. The molecule has 0 aliphatic carbocycles. The Kier molecular flexibility index (Phi) is 5.49. The van der Waals surface area contributed by atoms with Gasteiger partial charge in [-0.2, -0.15) is 0 Å². The Hall–Kier alpha value is -1.65. The van der Waals surface area contributed by atoms with E-state index in [4.69, 9.17) is 4.74 Å². The molecule has 4 fully saturated rings. The summed E-state index contributed by atoms with van der Waals surface area (Å²) in [6.07, 6.45) is 13.7. The number of aryl methyl sites for hydroxylation is 1. The van der Waals surface area contributed by atoms with Crippen LogP contribution >= 0.6 is 0 Å². The van der Waals surface area contributed by atoms with E-state index in [2.05, 4.69) is 28.9 Å². The predicted octanol–water partition coefficient (Wildman–Crippen LogP) is 4.17. The number of hydrogen-bond donors (Lipinski definition) is 0. The Morgan fingerprint density at radius 2 is 1.59 bits per heavy atom. The molecule has 0 N–H and O–H groups in total. The summed E-state index contributed by atoms with van der Waals surface area (Å²) < 4.78 is 5.85. The largest absolute Gasteiger partial charge is 0.459 e. The number of nitrogens with zero attached hydrogens (tertiary/aromatic N) is 2. The van der Waals surface area contributed by atoms with E-state index in [0.29, 0.717) is 6.04 Å². The molecule has 1 aromatic carbocycles. The van der Waals surface area contributed by atoms with Crippen LogP contribution in [0, 0.1) is 6.92 Å². The van der Waals surface area contributed by atoms with Crippen molar-refractivity contribution in [3.8, 4) is 0 Å². The molecule has 4 nitrogen and oxygen atoms in total. The van der Waals surface area contributed by atoms with Gasteiger partial charge in [0.25, 0.3) is 0 Å². The van der Waals surface area contributed by atoms with Crippen LogP contribution in [0.1, 0.15) is 62.5 Å². The van der Waals surface area contributed by atoms with Crippen LogP contribution in [0.5, 0.6) is 0 Å². The topological polar surface area (TPSA) is 32.8 Å². The Bertz CT molecular complexity index is 759. The maximum atomic E-state index is 12.4. The van der Waals surface area contributed by atoms with Gasteiger partial charge in [0.15, 0.2) is 0 Å². The van der Waals surface area contributed by atoms with Gasteiger partial charge in [-0.1, -0.05) is 36.2 Å². The van der Waals surface area contributed by atoms with Crippen molar-refractivity contribution in [3.63, 3.8) is 0 Å². The van der Waals surface area contributed by atoms with Crippen LogP contribution in [0.25, 0.3) is 6.08 Å². The number of benzene rings is 1. The SMILES string of the molecule is Cc1ccc(/C=C/C(=O)OC2CCN3[C@@H]4C[C@@H](C[C@@H]3C2)N2CCCC[C@@H]2C4)cc1. The fourth-order valence-corrected chi connectivity index (χ4v) is 6.33. The number of piperidine rings is 4. The third-order valence-corrected chi connectivity index (χ3v) is 7.73. The third-order valence-electron chi connectivity index (χ3n) is 7.73. The predicted molar refractivity (Wildman–Crippen MR) is 116 cm³/mol. The van der Waals surface area contributed by atoms with Crippen LogP contribution in [0.3, 0.4) is 0 Å². The Morgan fingerprint density at radius 1 is 0.897 bits per heavy atom. The second kappa shape index (κ2) is 8.23. The molecule has 5 atom stereocenters. The van der Waals surface area contributed by atoms with Gasteiger partial charge in [-0.15, -0.1) is 0 Å². The smallest absolute Gasteiger partial charge is 0.331 e. The van der Waals surface area contributed by atoms with Crippen molar-refractivity contribution in [1.29, 1.82) is 0 Å². The molecule has 1 aromatic rings. The summed E-state index contributed by atoms with van der Waals surface area (Å²) in [6, 6.07) is 11.1. The van der Waals surface area contributed by atoms with Crippen LogP contribution in [-0.4, -0.2) is 59.1 Å². The van der Waals surface area contributed by atoms with Crippen LogP contribution in [0.15, 0.2) is 30.3 Å². The van der Waals surface area contributed by atoms with Gasteiger partial charge in [0, 0.05) is 43.2 Å². The highest BCUT2D eigenvalue weighted by atomic mass is 16.5. The van der Waals surface area contributed by atoms with E-state index in [1.807, 2.05) is 18.2 Å². The molecular weight excluding hydrogens is 360 g/mol. The maximum absolute atomic E-state index is 12.4. The first-order chi connectivity index (χ1) is 14.2. The van der Waals surface area contributed by atoms with Crippen molar-refractivity contribution < 1.29 is 9.53 Å². The molecule has 4 aliphatic heterocycles. The van der Waals surface area contributed by atoms with Crippen molar-refractivity contribution in [2.45, 2.75) is 88.6 Å². The standard InChI is InChI=1S/C25H34N2O2/c1-18-5-7-19(8-6-18)9-10-25(28)29-24-11-13-27-21-14-20-4-2-3-12-26(20)22(15-21)16-23(27)17-24/h5-10,20-24H,2-4,11-17H2,1H3/b10-9+/t20-,21+,22+,23-,24?/m1/s1. The van der Waals surface area contributed by atoms with Crippen LogP contribution in [-0.2, 0) is 9.53 Å². The fourth-order valence-electron chi connectivity index (χ4n) is 6.33. The third kappa shape index (κ3) is 4.15. The first kappa shape index (κ1) is 19.3. The van der Waals surface area contributed by atoms with E-state index in [1.54, 1.807) is 6.08 Å². The Morgan fingerprint density at radius 3 is 2.38 bits per heavy atom. The first-order valence-electron chi connectivity index (χ1n) is 11.6. The number of rotatable bonds is 3. The van der Waals surface area contributed by atoms with Gasteiger partial charge in [0.2, 0.25) is 0 Å². The van der Waals surface area contributed by atoms with Crippen molar-refractivity contribution in [2.75, 3.05) is 13.1 Å². The summed E-state index contributed by atoms with van der Waals surface area (Å²) in [6.45, 7) is 4.46. The number of fused-ring (bicyclic) bond motifs is 6. The van der Waals surface area contributed by atoms with Gasteiger partial charge < -0.3 is 4.74 Å². The number of hydrogen-bond acceptors (Lipinski definition) is 4. The van der Waals surface area contributed by atoms with Gasteiger partial charge in [0.05, 0.1) is 0 Å². The molecule has 0 radical (unpaired) electrons. The second-order valence-electron chi connectivity index (χ2n) is 9.62. The van der Waals surface area contributed by atoms with E-state index in [9.17, 15) is 4.79 Å². The van der Waals surface area contributed by atoms with E-state index < -0.39 is 0 Å². The lowest BCUT2D eigenvalue weighted by molar-refractivity contribution is -0.149. The molecule has 156 valence electrons. The molecule has 4 heterocycles. The van der Waals surface area contributed by atoms with Crippen LogP contribution in [0.2, 0.25) is 0 Å². The first-order valence-corrected chi connectivity index (χ1v) is 11.6. The average Bonchev–Trinajstić information content (AvgIpc) is 2.73. The number of carbonyl (C=O) groups is 1. The number of ether oxygens (including phenoxy) is 1. The zero-order chi connectivity index (χ0) is 19.8.